The summed E-state index contributed by atoms with van der Waals surface area (Å²) in [5, 5.41) is 12.8. The average Bonchev–Trinajstić information content (AvgIpc) is 3.45. The van der Waals surface area contributed by atoms with Crippen LogP contribution < -0.4 is 9.47 Å². The predicted octanol–water partition coefficient (Wildman–Crippen LogP) is 5.50. The van der Waals surface area contributed by atoms with Crippen molar-refractivity contribution >= 4 is 40.0 Å². The van der Waals surface area contributed by atoms with Crippen molar-refractivity contribution < 1.29 is 24.2 Å². The number of likely N-dealkylation sites (tertiary alicyclic amines) is 1. The van der Waals surface area contributed by atoms with E-state index in [4.69, 9.17) is 21.1 Å². The van der Waals surface area contributed by atoms with Gasteiger partial charge in [-0.15, -0.1) is 0 Å². The number of amides is 1. The van der Waals surface area contributed by atoms with Gasteiger partial charge in [-0.2, -0.15) is 0 Å². The molecular weight excluding hydrogens is 492 g/mol. The van der Waals surface area contributed by atoms with E-state index in [1.807, 2.05) is 30.5 Å². The number of aromatic amines is 1. The molecule has 2 N–H and O–H groups in total. The Kier molecular flexibility index (Phi) is 6.63. The molecule has 4 aromatic rings. The van der Waals surface area contributed by atoms with Gasteiger partial charge >= 0.3 is 0 Å². The van der Waals surface area contributed by atoms with Gasteiger partial charge in [0.2, 0.25) is 0 Å². The Morgan fingerprint density at radius 3 is 2.46 bits per heavy atom. The van der Waals surface area contributed by atoms with E-state index in [-0.39, 0.29) is 17.9 Å². The first-order valence-electron chi connectivity index (χ1n) is 11.7. The van der Waals surface area contributed by atoms with E-state index in [0.717, 1.165) is 16.5 Å². The number of halogens is 1. The van der Waals surface area contributed by atoms with Gasteiger partial charge in [0.1, 0.15) is 5.76 Å². The van der Waals surface area contributed by atoms with E-state index in [1.165, 1.54) is 19.1 Å². The molecule has 7 nitrogen and oxygen atoms in total. The van der Waals surface area contributed by atoms with Crippen LogP contribution in [-0.4, -0.2) is 47.4 Å². The predicted molar refractivity (Wildman–Crippen MR) is 142 cm³/mol. The molecule has 0 bridgehead atoms. The number of methoxy groups -OCH3 is 2. The molecule has 0 saturated carbocycles. The molecule has 1 unspecified atom stereocenters. The van der Waals surface area contributed by atoms with E-state index < -0.39 is 17.7 Å². The second-order valence-corrected chi connectivity index (χ2v) is 9.16. The van der Waals surface area contributed by atoms with Crippen LogP contribution in [0.5, 0.6) is 11.5 Å². The molecule has 8 heteroatoms. The summed E-state index contributed by atoms with van der Waals surface area (Å²) in [5.41, 5.74) is 3.05. The van der Waals surface area contributed by atoms with E-state index in [0.29, 0.717) is 34.1 Å². The molecule has 3 aromatic carbocycles. The molecule has 1 aliphatic rings. The number of nitrogens with one attached hydrogen (secondary N) is 1. The van der Waals surface area contributed by atoms with Crippen LogP contribution in [0.15, 0.2) is 78.5 Å². The number of carbonyl (C=O) groups excluding carboxylic acids is 2. The molecule has 1 saturated heterocycles. The summed E-state index contributed by atoms with van der Waals surface area (Å²) in [4.78, 5) is 31.4. The fourth-order valence-corrected chi connectivity index (χ4v) is 4.95. The van der Waals surface area contributed by atoms with Gasteiger partial charge < -0.3 is 24.5 Å². The minimum absolute atomic E-state index is 0.0125. The Balaban J connectivity index is 1.60. The zero-order valence-electron chi connectivity index (χ0n) is 20.3. The molecule has 37 heavy (non-hydrogen) atoms. The lowest BCUT2D eigenvalue weighted by molar-refractivity contribution is -0.139. The lowest BCUT2D eigenvalue weighted by Crippen LogP contribution is -2.31. The summed E-state index contributed by atoms with van der Waals surface area (Å²) in [7, 11) is 3.05. The average molecular weight is 517 g/mol. The van der Waals surface area contributed by atoms with Gasteiger partial charge in [-0.25, -0.2) is 0 Å². The van der Waals surface area contributed by atoms with Crippen LogP contribution in [0.4, 0.5) is 0 Å². The number of Topliss-reactive ketones (excluding diaryl/α,β-unsaturated/α-hetero) is 1. The summed E-state index contributed by atoms with van der Waals surface area (Å²) in [6.07, 6.45) is 2.43. The Hall–Kier alpha value is -4.23. The molecule has 0 radical (unpaired) electrons. The van der Waals surface area contributed by atoms with Crippen LogP contribution in [0.1, 0.15) is 22.7 Å². The molecule has 1 atom stereocenters. The number of carbonyl (C=O) groups is 2. The highest BCUT2D eigenvalue weighted by Crippen LogP contribution is 2.42. The number of nitrogens with zero attached hydrogens (tertiary/aromatic N) is 1. The van der Waals surface area contributed by atoms with Crippen LogP contribution in [0.2, 0.25) is 5.02 Å². The van der Waals surface area contributed by atoms with Crippen molar-refractivity contribution in [3.63, 3.8) is 0 Å². The first kappa shape index (κ1) is 24.5. The second kappa shape index (κ2) is 10.0. The van der Waals surface area contributed by atoms with Crippen molar-refractivity contribution in [1.29, 1.82) is 0 Å². The summed E-state index contributed by atoms with van der Waals surface area (Å²) in [5.74, 6) is -0.709. The number of para-hydroxylation sites is 1. The van der Waals surface area contributed by atoms with Crippen molar-refractivity contribution in [2.24, 2.45) is 0 Å². The number of rotatable bonds is 7. The van der Waals surface area contributed by atoms with Gasteiger partial charge in [-0.05, 0) is 60.0 Å². The first-order chi connectivity index (χ1) is 17.9. The minimum atomic E-state index is -0.819. The zero-order chi connectivity index (χ0) is 26.1. The Labute approximate surface area is 218 Å². The van der Waals surface area contributed by atoms with Gasteiger partial charge in [0.25, 0.3) is 11.7 Å². The summed E-state index contributed by atoms with van der Waals surface area (Å²) >= 11 is 6.01. The van der Waals surface area contributed by atoms with E-state index in [9.17, 15) is 14.7 Å². The van der Waals surface area contributed by atoms with Gasteiger partial charge in [0.05, 0.1) is 25.8 Å². The van der Waals surface area contributed by atoms with E-state index >= 15 is 0 Å². The number of benzene rings is 3. The number of H-pyrrole nitrogens is 1. The number of fused-ring (bicyclic) bond motifs is 1. The SMILES string of the molecule is COc1ccc(C2C(=C(O)c3ccc(Cl)cc3)C(=O)C(=O)N2CCc2c[nH]c3ccccc23)cc1OC. The highest BCUT2D eigenvalue weighted by Gasteiger charge is 2.46. The summed E-state index contributed by atoms with van der Waals surface area (Å²) < 4.78 is 10.8. The Bertz CT molecular complexity index is 1520. The number of ketones is 1. The molecular formula is C29H25ClN2O5. The molecule has 188 valence electrons. The largest absolute Gasteiger partial charge is 0.507 e. The third-order valence-corrected chi connectivity index (χ3v) is 6.93. The topological polar surface area (TPSA) is 91.9 Å². The first-order valence-corrected chi connectivity index (χ1v) is 12.1. The highest BCUT2D eigenvalue weighted by atomic mass is 35.5. The summed E-state index contributed by atoms with van der Waals surface area (Å²) in [6, 6.07) is 18.8. The van der Waals surface area contributed by atoms with Crippen LogP contribution in [-0.2, 0) is 16.0 Å². The number of hydrogen-bond acceptors (Lipinski definition) is 5. The Morgan fingerprint density at radius 1 is 1.00 bits per heavy atom. The molecule has 1 fully saturated rings. The van der Waals surface area contributed by atoms with Gasteiger partial charge in [0, 0.05) is 34.2 Å². The molecule has 1 aromatic heterocycles. The smallest absolute Gasteiger partial charge is 0.295 e. The standard InChI is InChI=1S/C29H25ClN2O5/c1-36-23-12-9-18(15-24(23)37-2)26-25(27(33)17-7-10-20(30)11-8-17)28(34)29(35)32(26)14-13-19-16-31-22-6-4-3-5-21(19)22/h3-12,15-16,26,31,33H,13-14H2,1-2H3. The molecule has 0 aliphatic carbocycles. The zero-order valence-corrected chi connectivity index (χ0v) is 21.1. The normalized spacial score (nSPS) is 16.9. The second-order valence-electron chi connectivity index (χ2n) is 8.72. The Morgan fingerprint density at radius 2 is 1.73 bits per heavy atom. The maximum Gasteiger partial charge on any atom is 0.295 e. The number of aliphatic hydroxyl groups excluding tert-OH is 1. The number of hydrogen-bond donors (Lipinski definition) is 2. The third-order valence-electron chi connectivity index (χ3n) is 6.68. The van der Waals surface area contributed by atoms with Crippen molar-refractivity contribution in [2.75, 3.05) is 20.8 Å². The fraction of sp³-hybridized carbons (Fsp3) is 0.172. The van der Waals surface area contributed by atoms with Crippen molar-refractivity contribution in [3.8, 4) is 11.5 Å². The monoisotopic (exact) mass is 516 g/mol. The molecule has 5 rings (SSSR count). The van der Waals surface area contributed by atoms with Crippen molar-refractivity contribution in [3.05, 3.63) is 100 Å². The van der Waals surface area contributed by atoms with Crippen LogP contribution >= 0.6 is 11.6 Å². The van der Waals surface area contributed by atoms with Gasteiger partial charge in [0.15, 0.2) is 11.5 Å². The molecule has 1 amide bonds. The maximum absolute atomic E-state index is 13.3. The number of aliphatic hydroxyl groups is 1. The highest BCUT2D eigenvalue weighted by molar-refractivity contribution is 6.46. The lowest BCUT2D eigenvalue weighted by Gasteiger charge is -2.26. The lowest BCUT2D eigenvalue weighted by atomic mass is 9.95. The van der Waals surface area contributed by atoms with E-state index in [2.05, 4.69) is 4.98 Å². The van der Waals surface area contributed by atoms with E-state index in [1.54, 1.807) is 42.5 Å². The fourth-order valence-electron chi connectivity index (χ4n) is 4.82. The molecule has 2 heterocycles. The van der Waals surface area contributed by atoms with Crippen LogP contribution in [0, 0.1) is 0 Å². The van der Waals surface area contributed by atoms with Crippen LogP contribution in [0.25, 0.3) is 16.7 Å². The van der Waals surface area contributed by atoms with Crippen molar-refractivity contribution in [2.45, 2.75) is 12.5 Å². The molecule has 1 aliphatic heterocycles. The maximum atomic E-state index is 13.3. The van der Waals surface area contributed by atoms with Crippen molar-refractivity contribution in [1.82, 2.24) is 9.88 Å². The van der Waals surface area contributed by atoms with Crippen LogP contribution in [0.3, 0.4) is 0 Å². The quantitative estimate of drug-likeness (QED) is 0.192. The molecule has 0 spiro atoms. The third kappa shape index (κ3) is 4.42. The van der Waals surface area contributed by atoms with Gasteiger partial charge in [-0.3, -0.25) is 9.59 Å². The number of aromatic nitrogens is 1. The number of ether oxygens (including phenoxy) is 2. The summed E-state index contributed by atoms with van der Waals surface area (Å²) in [6.45, 7) is 0.267. The van der Waals surface area contributed by atoms with Gasteiger partial charge in [-0.1, -0.05) is 35.9 Å². The minimum Gasteiger partial charge on any atom is -0.507 e.